The van der Waals surface area contributed by atoms with Crippen LogP contribution in [0.15, 0.2) is 42.5 Å². The summed E-state index contributed by atoms with van der Waals surface area (Å²) in [6.45, 7) is 1.55. The number of rotatable bonds is 5. The molecule has 1 fully saturated rings. The van der Waals surface area contributed by atoms with Crippen LogP contribution in [0.3, 0.4) is 0 Å². The normalized spacial score (nSPS) is 17.2. The molecule has 1 spiro atoms. The number of ether oxygens (including phenoxy) is 5. The Morgan fingerprint density at radius 2 is 1.83 bits per heavy atom. The standard InChI is InChI=1S/C22H25NO6/c1-25-17-6-4-7-18(13-17)27-15-20(24)23-11-9-22(10-12-23)28-14-16-5-3-8-19(26-2)21(16)29-22/h3-8,13H,9-12,14-15H2,1-2H3. The van der Waals surface area contributed by atoms with E-state index in [1.54, 1.807) is 31.3 Å². The van der Waals surface area contributed by atoms with Gasteiger partial charge in [-0.2, -0.15) is 0 Å². The Balaban J connectivity index is 1.34. The van der Waals surface area contributed by atoms with Crippen molar-refractivity contribution >= 4 is 5.91 Å². The number of benzene rings is 2. The van der Waals surface area contributed by atoms with Crippen LogP contribution in [0.5, 0.6) is 23.0 Å². The van der Waals surface area contributed by atoms with Crippen LogP contribution in [-0.2, 0) is 16.1 Å². The van der Waals surface area contributed by atoms with Crippen molar-refractivity contribution in [2.24, 2.45) is 0 Å². The van der Waals surface area contributed by atoms with E-state index in [1.807, 2.05) is 30.3 Å². The maximum absolute atomic E-state index is 12.6. The number of fused-ring (bicyclic) bond motifs is 1. The highest BCUT2D eigenvalue weighted by Gasteiger charge is 2.42. The van der Waals surface area contributed by atoms with E-state index in [9.17, 15) is 4.79 Å². The molecule has 0 radical (unpaired) electrons. The predicted molar refractivity (Wildman–Crippen MR) is 105 cm³/mol. The Kier molecular flexibility index (Phi) is 5.49. The maximum Gasteiger partial charge on any atom is 0.260 e. The van der Waals surface area contributed by atoms with Gasteiger partial charge in [0.2, 0.25) is 5.79 Å². The molecule has 1 saturated heterocycles. The van der Waals surface area contributed by atoms with Gasteiger partial charge in [0.25, 0.3) is 5.91 Å². The third-order valence-corrected chi connectivity index (χ3v) is 5.34. The first-order valence-electron chi connectivity index (χ1n) is 9.66. The van der Waals surface area contributed by atoms with Crippen LogP contribution in [0.25, 0.3) is 0 Å². The van der Waals surface area contributed by atoms with Gasteiger partial charge < -0.3 is 28.6 Å². The van der Waals surface area contributed by atoms with Gasteiger partial charge in [-0.15, -0.1) is 0 Å². The molecule has 4 rings (SSSR count). The van der Waals surface area contributed by atoms with E-state index in [1.165, 1.54) is 0 Å². The lowest BCUT2D eigenvalue weighted by Crippen LogP contribution is -2.53. The quantitative estimate of drug-likeness (QED) is 0.770. The molecule has 2 aromatic carbocycles. The van der Waals surface area contributed by atoms with Gasteiger partial charge in [0.05, 0.1) is 20.8 Å². The Morgan fingerprint density at radius 1 is 1.07 bits per heavy atom. The van der Waals surface area contributed by atoms with Gasteiger partial charge in [0, 0.05) is 37.6 Å². The molecule has 0 aliphatic carbocycles. The number of carbonyl (C=O) groups excluding carboxylic acids is 1. The van der Waals surface area contributed by atoms with Crippen LogP contribution in [-0.4, -0.2) is 50.5 Å². The fourth-order valence-corrected chi connectivity index (χ4v) is 3.65. The molecule has 2 aliphatic heterocycles. The van der Waals surface area contributed by atoms with E-state index in [4.69, 9.17) is 23.7 Å². The average Bonchev–Trinajstić information content (AvgIpc) is 2.77. The van der Waals surface area contributed by atoms with Gasteiger partial charge in [-0.3, -0.25) is 4.79 Å². The maximum atomic E-state index is 12.6. The van der Waals surface area contributed by atoms with Crippen molar-refractivity contribution in [3.63, 3.8) is 0 Å². The molecule has 1 amide bonds. The summed E-state index contributed by atoms with van der Waals surface area (Å²) in [5, 5.41) is 0. The Bertz CT molecular complexity index is 861. The summed E-state index contributed by atoms with van der Waals surface area (Å²) >= 11 is 0. The number of piperidine rings is 1. The van der Waals surface area contributed by atoms with Crippen molar-refractivity contribution in [3.8, 4) is 23.0 Å². The smallest absolute Gasteiger partial charge is 0.260 e. The van der Waals surface area contributed by atoms with Crippen LogP contribution in [0.2, 0.25) is 0 Å². The summed E-state index contributed by atoms with van der Waals surface area (Å²) in [5.41, 5.74) is 0.972. The first-order valence-corrected chi connectivity index (χ1v) is 9.66. The van der Waals surface area contributed by atoms with E-state index < -0.39 is 5.79 Å². The van der Waals surface area contributed by atoms with Crippen molar-refractivity contribution in [2.45, 2.75) is 25.2 Å². The lowest BCUT2D eigenvalue weighted by Gasteiger charge is -2.44. The molecule has 0 N–H and O–H groups in total. The number of amides is 1. The molecular formula is C22H25NO6. The topological polar surface area (TPSA) is 66.5 Å². The second-order valence-corrected chi connectivity index (χ2v) is 7.10. The number of hydrogen-bond donors (Lipinski definition) is 0. The number of para-hydroxylation sites is 1. The zero-order chi connectivity index (χ0) is 20.3. The third kappa shape index (κ3) is 4.10. The number of methoxy groups -OCH3 is 2. The van der Waals surface area contributed by atoms with Gasteiger partial charge in [-0.05, 0) is 18.2 Å². The molecular weight excluding hydrogens is 374 g/mol. The lowest BCUT2D eigenvalue weighted by molar-refractivity contribution is -0.228. The molecule has 0 unspecified atom stereocenters. The minimum Gasteiger partial charge on any atom is -0.497 e. The van der Waals surface area contributed by atoms with E-state index in [0.29, 0.717) is 49.8 Å². The van der Waals surface area contributed by atoms with Crippen molar-refractivity contribution in [1.29, 1.82) is 0 Å². The van der Waals surface area contributed by atoms with Crippen LogP contribution in [0.4, 0.5) is 0 Å². The summed E-state index contributed by atoms with van der Waals surface area (Å²) in [7, 11) is 3.22. The van der Waals surface area contributed by atoms with Crippen molar-refractivity contribution < 1.29 is 28.5 Å². The number of nitrogens with zero attached hydrogens (tertiary/aromatic N) is 1. The molecule has 2 aromatic rings. The fourth-order valence-electron chi connectivity index (χ4n) is 3.65. The highest BCUT2D eigenvalue weighted by atomic mass is 16.7. The molecule has 7 nitrogen and oxygen atoms in total. The zero-order valence-electron chi connectivity index (χ0n) is 16.7. The number of likely N-dealkylation sites (tertiary alicyclic amines) is 1. The molecule has 7 heteroatoms. The van der Waals surface area contributed by atoms with E-state index >= 15 is 0 Å². The lowest BCUT2D eigenvalue weighted by atomic mass is 10.0. The fraction of sp³-hybridized carbons (Fsp3) is 0.409. The highest BCUT2D eigenvalue weighted by molar-refractivity contribution is 5.77. The van der Waals surface area contributed by atoms with Crippen LogP contribution >= 0.6 is 0 Å². The molecule has 2 aliphatic rings. The van der Waals surface area contributed by atoms with Crippen LogP contribution in [0.1, 0.15) is 18.4 Å². The van der Waals surface area contributed by atoms with Gasteiger partial charge >= 0.3 is 0 Å². The summed E-state index contributed by atoms with van der Waals surface area (Å²) in [5.74, 6) is 1.96. The first kappa shape index (κ1) is 19.4. The second kappa shape index (κ2) is 8.21. The summed E-state index contributed by atoms with van der Waals surface area (Å²) < 4.78 is 28.5. The van der Waals surface area contributed by atoms with Gasteiger partial charge in [0.15, 0.2) is 18.1 Å². The van der Waals surface area contributed by atoms with Crippen molar-refractivity contribution in [1.82, 2.24) is 4.90 Å². The molecule has 0 aromatic heterocycles. The summed E-state index contributed by atoms with van der Waals surface area (Å²) in [6, 6.07) is 13.0. The van der Waals surface area contributed by atoms with E-state index in [0.717, 1.165) is 11.3 Å². The van der Waals surface area contributed by atoms with Crippen LogP contribution in [0, 0.1) is 0 Å². The van der Waals surface area contributed by atoms with Crippen molar-refractivity contribution in [3.05, 3.63) is 48.0 Å². The van der Waals surface area contributed by atoms with Gasteiger partial charge in [-0.1, -0.05) is 18.2 Å². The highest BCUT2D eigenvalue weighted by Crippen LogP contribution is 2.42. The molecule has 0 bridgehead atoms. The third-order valence-electron chi connectivity index (χ3n) is 5.34. The Morgan fingerprint density at radius 3 is 2.59 bits per heavy atom. The number of carbonyl (C=O) groups is 1. The summed E-state index contributed by atoms with van der Waals surface area (Å²) in [4.78, 5) is 14.4. The van der Waals surface area contributed by atoms with Crippen molar-refractivity contribution in [2.75, 3.05) is 33.9 Å². The Hall–Kier alpha value is -2.93. The zero-order valence-corrected chi connectivity index (χ0v) is 16.7. The minimum atomic E-state index is -0.716. The number of hydrogen-bond acceptors (Lipinski definition) is 6. The monoisotopic (exact) mass is 399 g/mol. The molecule has 154 valence electrons. The first-order chi connectivity index (χ1) is 14.1. The SMILES string of the molecule is COc1cccc(OCC(=O)N2CCC3(CC2)OCc2cccc(OC)c2O3)c1. The van der Waals surface area contributed by atoms with Crippen LogP contribution < -0.4 is 18.9 Å². The molecule has 0 atom stereocenters. The Labute approximate surface area is 170 Å². The molecule has 2 heterocycles. The largest absolute Gasteiger partial charge is 0.497 e. The van der Waals surface area contributed by atoms with E-state index in [-0.39, 0.29) is 12.5 Å². The molecule has 0 saturated carbocycles. The predicted octanol–water partition coefficient (Wildman–Crippen LogP) is 3.01. The summed E-state index contributed by atoms with van der Waals surface area (Å²) in [6.07, 6.45) is 1.19. The molecule has 29 heavy (non-hydrogen) atoms. The second-order valence-electron chi connectivity index (χ2n) is 7.10. The minimum absolute atomic E-state index is 0.0153. The van der Waals surface area contributed by atoms with Gasteiger partial charge in [0.1, 0.15) is 11.5 Å². The van der Waals surface area contributed by atoms with E-state index in [2.05, 4.69) is 0 Å². The average molecular weight is 399 g/mol. The van der Waals surface area contributed by atoms with Gasteiger partial charge in [-0.25, -0.2) is 0 Å².